The molecule has 36 heavy (non-hydrogen) atoms. The molecule has 1 aliphatic heterocycles. The van der Waals surface area contributed by atoms with Gasteiger partial charge < -0.3 is 20.3 Å². The number of pyridine rings is 1. The summed E-state index contributed by atoms with van der Waals surface area (Å²) in [6.45, 7) is 3.38. The fraction of sp³-hybridized carbons (Fsp3) is 0.423. The number of aliphatic hydroxyl groups excluding tert-OH is 1. The number of hydrogen-bond acceptors (Lipinski definition) is 6. The zero-order chi connectivity index (χ0) is 25.1. The highest BCUT2D eigenvalue weighted by Gasteiger charge is 2.35. The molecule has 3 heterocycles. The quantitative estimate of drug-likeness (QED) is 0.377. The highest BCUT2D eigenvalue weighted by molar-refractivity contribution is 9.10. The SMILES string of the molecule is O=C(NCCCn1cnc(CO)c1)[C@H]1CN(C2c3ccc(Cl)cc3CCc3cc(Br)cnc32)CCN1. The van der Waals surface area contributed by atoms with E-state index in [1.807, 2.05) is 23.0 Å². The Balaban J connectivity index is 1.28. The Morgan fingerprint density at radius 2 is 2.11 bits per heavy atom. The molecule has 8 nitrogen and oxygen atoms in total. The topological polar surface area (TPSA) is 95.3 Å². The van der Waals surface area contributed by atoms with Crippen molar-refractivity contribution < 1.29 is 9.90 Å². The van der Waals surface area contributed by atoms with Gasteiger partial charge in [-0.15, -0.1) is 0 Å². The summed E-state index contributed by atoms with van der Waals surface area (Å²) in [6.07, 6.45) is 7.98. The van der Waals surface area contributed by atoms with Crippen LogP contribution >= 0.6 is 27.5 Å². The zero-order valence-electron chi connectivity index (χ0n) is 20.0. The molecule has 0 spiro atoms. The number of benzene rings is 1. The minimum absolute atomic E-state index is 0.00955. The number of hydrogen-bond donors (Lipinski definition) is 3. The third kappa shape index (κ3) is 5.65. The first-order valence-corrected chi connectivity index (χ1v) is 13.5. The number of halogens is 2. The largest absolute Gasteiger partial charge is 0.390 e. The van der Waals surface area contributed by atoms with E-state index in [1.54, 1.807) is 6.33 Å². The van der Waals surface area contributed by atoms with Crippen molar-refractivity contribution in [2.45, 2.75) is 44.5 Å². The number of fused-ring (bicyclic) bond motifs is 2. The Hall–Kier alpha value is -2.30. The number of nitrogens with zero attached hydrogens (tertiary/aromatic N) is 4. The summed E-state index contributed by atoms with van der Waals surface area (Å²) in [4.78, 5) is 24.4. The molecule has 0 saturated carbocycles. The maximum absolute atomic E-state index is 13.0. The van der Waals surface area contributed by atoms with Crippen LogP contribution in [0.15, 0.2) is 47.5 Å². The van der Waals surface area contributed by atoms with Gasteiger partial charge in [-0.05, 0) is 70.1 Å². The van der Waals surface area contributed by atoms with Crippen LogP contribution in [0.3, 0.4) is 0 Å². The molecule has 2 atom stereocenters. The molecule has 0 radical (unpaired) electrons. The van der Waals surface area contributed by atoms with Crippen LogP contribution in [0, 0.1) is 0 Å². The van der Waals surface area contributed by atoms with Gasteiger partial charge in [0.15, 0.2) is 0 Å². The molecule has 5 rings (SSSR count). The van der Waals surface area contributed by atoms with Gasteiger partial charge in [-0.25, -0.2) is 4.98 Å². The molecule has 0 bridgehead atoms. The molecule has 1 aliphatic carbocycles. The Morgan fingerprint density at radius 3 is 2.94 bits per heavy atom. The number of carbonyl (C=O) groups excluding carboxylic acids is 1. The number of rotatable bonds is 7. The van der Waals surface area contributed by atoms with E-state index >= 15 is 0 Å². The van der Waals surface area contributed by atoms with Crippen molar-refractivity contribution in [3.8, 4) is 0 Å². The first kappa shape index (κ1) is 25.4. The van der Waals surface area contributed by atoms with Gasteiger partial charge in [0.1, 0.15) is 0 Å². The van der Waals surface area contributed by atoms with E-state index in [9.17, 15) is 4.79 Å². The summed E-state index contributed by atoms with van der Waals surface area (Å²) in [7, 11) is 0. The fourth-order valence-electron chi connectivity index (χ4n) is 5.17. The molecule has 190 valence electrons. The summed E-state index contributed by atoms with van der Waals surface area (Å²) in [5, 5.41) is 16.4. The Labute approximate surface area is 224 Å². The highest BCUT2D eigenvalue weighted by Crippen LogP contribution is 2.37. The number of aryl methyl sites for hydroxylation is 3. The summed E-state index contributed by atoms with van der Waals surface area (Å²) in [6, 6.07) is 7.98. The van der Waals surface area contributed by atoms with E-state index in [1.165, 1.54) is 16.7 Å². The van der Waals surface area contributed by atoms with Crippen molar-refractivity contribution in [2.75, 3.05) is 26.2 Å². The molecule has 1 unspecified atom stereocenters. The lowest BCUT2D eigenvalue weighted by Gasteiger charge is -2.39. The number of piperazine rings is 1. The van der Waals surface area contributed by atoms with Crippen LogP contribution in [0.2, 0.25) is 5.02 Å². The lowest BCUT2D eigenvalue weighted by molar-refractivity contribution is -0.124. The van der Waals surface area contributed by atoms with E-state index in [2.05, 4.69) is 54.6 Å². The van der Waals surface area contributed by atoms with Gasteiger partial charge in [0, 0.05) is 54.6 Å². The first-order chi connectivity index (χ1) is 17.5. The van der Waals surface area contributed by atoms with E-state index in [4.69, 9.17) is 21.7 Å². The molecule has 2 aromatic heterocycles. The zero-order valence-corrected chi connectivity index (χ0v) is 22.3. The minimum atomic E-state index is -0.300. The Morgan fingerprint density at radius 1 is 1.25 bits per heavy atom. The number of amides is 1. The Bertz CT molecular complexity index is 1180. The normalized spacial score (nSPS) is 19.9. The number of aromatic nitrogens is 3. The van der Waals surface area contributed by atoms with Gasteiger partial charge in [-0.1, -0.05) is 17.7 Å². The fourth-order valence-corrected chi connectivity index (χ4v) is 5.75. The molecule has 3 N–H and O–H groups in total. The molecule has 1 fully saturated rings. The first-order valence-electron chi connectivity index (χ1n) is 12.3. The maximum Gasteiger partial charge on any atom is 0.238 e. The lowest BCUT2D eigenvalue weighted by atomic mass is 9.95. The molecular formula is C26H30BrClN6O2. The second kappa shape index (κ2) is 11.4. The summed E-state index contributed by atoms with van der Waals surface area (Å²) < 4.78 is 2.90. The van der Waals surface area contributed by atoms with Crippen LogP contribution in [0.25, 0.3) is 0 Å². The van der Waals surface area contributed by atoms with Crippen molar-refractivity contribution in [1.82, 2.24) is 30.1 Å². The summed E-state index contributed by atoms with van der Waals surface area (Å²) in [5.41, 5.74) is 5.39. The standard InChI is InChI=1S/C26H30BrClN6O2/c27-19-10-18-3-2-17-11-20(28)4-5-22(17)25(24(18)31-12-19)34-9-7-29-23(14-34)26(36)30-6-1-8-33-13-21(15-35)32-16-33/h4-5,10-13,16,23,25,29,35H,1-3,6-9,14-15H2,(H,30,36)/t23-,25?/m1/s1. The number of aliphatic hydroxyl groups is 1. The molecule has 3 aromatic rings. The average molecular weight is 574 g/mol. The molecule has 10 heteroatoms. The van der Waals surface area contributed by atoms with Crippen molar-refractivity contribution in [2.24, 2.45) is 0 Å². The molecule has 1 aromatic carbocycles. The second-order valence-electron chi connectivity index (χ2n) is 9.35. The van der Waals surface area contributed by atoms with Gasteiger partial charge in [-0.3, -0.25) is 14.7 Å². The molecular weight excluding hydrogens is 544 g/mol. The summed E-state index contributed by atoms with van der Waals surface area (Å²) in [5.74, 6) is 0.00955. The van der Waals surface area contributed by atoms with Crippen LogP contribution < -0.4 is 10.6 Å². The van der Waals surface area contributed by atoms with Crippen LogP contribution in [0.4, 0.5) is 0 Å². The van der Waals surface area contributed by atoms with Crippen LogP contribution in [0.5, 0.6) is 0 Å². The van der Waals surface area contributed by atoms with E-state index < -0.39 is 0 Å². The third-order valence-corrected chi connectivity index (χ3v) is 7.59. The van der Waals surface area contributed by atoms with E-state index in [-0.39, 0.29) is 24.6 Å². The average Bonchev–Trinajstić information content (AvgIpc) is 3.29. The monoisotopic (exact) mass is 572 g/mol. The van der Waals surface area contributed by atoms with Crippen LogP contribution in [0.1, 0.15) is 40.5 Å². The smallest absolute Gasteiger partial charge is 0.238 e. The van der Waals surface area contributed by atoms with Gasteiger partial charge in [0.25, 0.3) is 0 Å². The highest BCUT2D eigenvalue weighted by atomic mass is 79.9. The second-order valence-corrected chi connectivity index (χ2v) is 10.7. The van der Waals surface area contributed by atoms with Crippen molar-refractivity contribution in [3.05, 3.63) is 80.6 Å². The molecule has 2 aliphatic rings. The number of carbonyl (C=O) groups is 1. The number of nitrogens with one attached hydrogen (secondary N) is 2. The lowest BCUT2D eigenvalue weighted by Crippen LogP contribution is -2.58. The number of imidazole rings is 1. The van der Waals surface area contributed by atoms with E-state index in [0.717, 1.165) is 54.1 Å². The van der Waals surface area contributed by atoms with Gasteiger partial charge >= 0.3 is 0 Å². The maximum atomic E-state index is 13.0. The minimum Gasteiger partial charge on any atom is -0.390 e. The van der Waals surface area contributed by atoms with Crippen molar-refractivity contribution in [1.29, 1.82) is 0 Å². The third-order valence-electron chi connectivity index (χ3n) is 6.92. The molecule has 1 saturated heterocycles. The van der Waals surface area contributed by atoms with Crippen LogP contribution in [-0.4, -0.2) is 62.7 Å². The van der Waals surface area contributed by atoms with Crippen molar-refractivity contribution in [3.63, 3.8) is 0 Å². The Kier molecular flexibility index (Phi) is 8.03. The van der Waals surface area contributed by atoms with Crippen LogP contribution in [-0.2, 0) is 30.8 Å². The van der Waals surface area contributed by atoms with Crippen molar-refractivity contribution >= 4 is 33.4 Å². The van der Waals surface area contributed by atoms with E-state index in [0.29, 0.717) is 18.8 Å². The predicted octanol–water partition coefficient (Wildman–Crippen LogP) is 2.85. The predicted molar refractivity (Wildman–Crippen MR) is 142 cm³/mol. The van der Waals surface area contributed by atoms with Gasteiger partial charge in [-0.2, -0.15) is 0 Å². The van der Waals surface area contributed by atoms with Gasteiger partial charge in [0.05, 0.1) is 36.4 Å². The molecule has 1 amide bonds. The summed E-state index contributed by atoms with van der Waals surface area (Å²) >= 11 is 9.94. The van der Waals surface area contributed by atoms with Gasteiger partial charge in [0.2, 0.25) is 5.91 Å².